The van der Waals surface area contributed by atoms with Gasteiger partial charge in [0.1, 0.15) is 5.15 Å². The van der Waals surface area contributed by atoms with Crippen molar-refractivity contribution in [1.82, 2.24) is 4.98 Å². The number of ether oxygens (including phenoxy) is 1. The van der Waals surface area contributed by atoms with Crippen molar-refractivity contribution in [2.45, 2.75) is 37.8 Å². The van der Waals surface area contributed by atoms with E-state index in [0.717, 1.165) is 12.3 Å². The van der Waals surface area contributed by atoms with Crippen LogP contribution >= 0.6 is 11.6 Å². The molecule has 1 aromatic heterocycles. The molecule has 3 nitrogen and oxygen atoms in total. The Balaban J connectivity index is 1.71. The molecule has 1 aromatic rings. The van der Waals surface area contributed by atoms with Crippen LogP contribution in [0.3, 0.4) is 0 Å². The molecule has 1 aliphatic heterocycles. The van der Waals surface area contributed by atoms with Crippen molar-refractivity contribution >= 4 is 17.3 Å². The van der Waals surface area contributed by atoms with Gasteiger partial charge in [-0.15, -0.1) is 0 Å². The highest BCUT2D eigenvalue weighted by Crippen LogP contribution is 2.36. The first-order valence-corrected chi connectivity index (χ1v) is 6.70. The fraction of sp³-hybridized carbons (Fsp3) is 0.615. The van der Waals surface area contributed by atoms with Crippen LogP contribution < -0.4 is 5.32 Å². The van der Waals surface area contributed by atoms with Crippen LogP contribution in [0.2, 0.25) is 5.15 Å². The van der Waals surface area contributed by atoms with Crippen molar-refractivity contribution in [2.24, 2.45) is 5.92 Å². The summed E-state index contributed by atoms with van der Waals surface area (Å²) in [6.45, 7) is 0.921. The zero-order chi connectivity index (χ0) is 11.7. The number of halogens is 1. The minimum atomic E-state index is 0.471. The van der Waals surface area contributed by atoms with Crippen molar-refractivity contribution < 1.29 is 4.74 Å². The van der Waals surface area contributed by atoms with Crippen molar-refractivity contribution in [3.63, 3.8) is 0 Å². The highest BCUT2D eigenvalue weighted by Gasteiger charge is 2.37. The first-order valence-electron chi connectivity index (χ1n) is 6.32. The third kappa shape index (κ3) is 2.40. The van der Waals surface area contributed by atoms with Gasteiger partial charge < -0.3 is 10.1 Å². The summed E-state index contributed by atoms with van der Waals surface area (Å²) in [7, 11) is 0. The van der Waals surface area contributed by atoms with Crippen LogP contribution in [0, 0.1) is 5.92 Å². The summed E-state index contributed by atoms with van der Waals surface area (Å²) in [5.74, 6) is 0.663. The van der Waals surface area contributed by atoms with Gasteiger partial charge in [-0.2, -0.15) is 0 Å². The molecule has 0 amide bonds. The Bertz CT molecular complexity index is 399. The fourth-order valence-electron chi connectivity index (χ4n) is 3.06. The number of fused-ring (bicyclic) bond motifs is 1. The van der Waals surface area contributed by atoms with Gasteiger partial charge in [0.15, 0.2) is 0 Å². The van der Waals surface area contributed by atoms with E-state index in [1.54, 1.807) is 6.20 Å². The first kappa shape index (κ1) is 11.3. The molecule has 0 bridgehead atoms. The van der Waals surface area contributed by atoms with E-state index in [-0.39, 0.29) is 0 Å². The molecule has 0 aromatic carbocycles. The minimum Gasteiger partial charge on any atom is -0.382 e. The quantitative estimate of drug-likeness (QED) is 0.822. The molecule has 92 valence electrons. The molecule has 1 N–H and O–H groups in total. The second kappa shape index (κ2) is 4.83. The maximum Gasteiger partial charge on any atom is 0.131 e. The predicted octanol–water partition coefficient (Wildman–Crippen LogP) is 3.10. The highest BCUT2D eigenvalue weighted by atomic mass is 35.5. The number of nitrogens with one attached hydrogen (secondary N) is 1. The van der Waals surface area contributed by atoms with Gasteiger partial charge >= 0.3 is 0 Å². The Kier molecular flexibility index (Phi) is 3.21. The van der Waals surface area contributed by atoms with Gasteiger partial charge in [-0.1, -0.05) is 11.6 Å². The summed E-state index contributed by atoms with van der Waals surface area (Å²) < 4.78 is 5.77. The lowest BCUT2D eigenvalue weighted by Gasteiger charge is -2.33. The topological polar surface area (TPSA) is 34.1 Å². The van der Waals surface area contributed by atoms with Gasteiger partial charge in [-0.25, -0.2) is 4.98 Å². The Hall–Kier alpha value is -0.800. The summed E-state index contributed by atoms with van der Waals surface area (Å²) in [4.78, 5) is 4.00. The monoisotopic (exact) mass is 252 g/mol. The lowest BCUT2D eigenvalue weighted by molar-refractivity contribution is 0.0620. The van der Waals surface area contributed by atoms with Crippen LogP contribution in [-0.2, 0) is 4.74 Å². The minimum absolute atomic E-state index is 0.471. The van der Waals surface area contributed by atoms with Crippen molar-refractivity contribution in [1.29, 1.82) is 0 Å². The number of rotatable bonds is 2. The summed E-state index contributed by atoms with van der Waals surface area (Å²) in [5.41, 5.74) is 1.07. The van der Waals surface area contributed by atoms with Crippen LogP contribution in [0.1, 0.15) is 25.7 Å². The molecule has 4 heteroatoms. The molecule has 2 aliphatic rings. The van der Waals surface area contributed by atoms with Gasteiger partial charge in [0.05, 0.1) is 6.10 Å². The Morgan fingerprint density at radius 2 is 2.29 bits per heavy atom. The Morgan fingerprint density at radius 1 is 1.35 bits per heavy atom. The highest BCUT2D eigenvalue weighted by molar-refractivity contribution is 6.29. The third-order valence-corrected chi connectivity index (χ3v) is 4.07. The van der Waals surface area contributed by atoms with Crippen LogP contribution in [0.15, 0.2) is 18.3 Å². The van der Waals surface area contributed by atoms with E-state index in [0.29, 0.717) is 23.2 Å². The van der Waals surface area contributed by atoms with E-state index in [9.17, 15) is 0 Å². The summed E-state index contributed by atoms with van der Waals surface area (Å²) >= 11 is 5.90. The van der Waals surface area contributed by atoms with Crippen LogP contribution in [0.4, 0.5) is 5.69 Å². The molecule has 17 heavy (non-hydrogen) atoms. The molecule has 0 radical (unpaired) electrons. The van der Waals surface area contributed by atoms with Crippen LogP contribution in [0.25, 0.3) is 0 Å². The first-order chi connectivity index (χ1) is 8.33. The molecule has 2 heterocycles. The predicted molar refractivity (Wildman–Crippen MR) is 68.4 cm³/mol. The Morgan fingerprint density at radius 3 is 3.18 bits per heavy atom. The lowest BCUT2D eigenvalue weighted by Crippen LogP contribution is -2.38. The smallest absolute Gasteiger partial charge is 0.131 e. The van der Waals surface area contributed by atoms with Gasteiger partial charge in [0.25, 0.3) is 0 Å². The van der Waals surface area contributed by atoms with E-state index >= 15 is 0 Å². The second-order valence-corrected chi connectivity index (χ2v) is 5.30. The number of pyridine rings is 1. The van der Waals surface area contributed by atoms with Gasteiger partial charge in [-0.3, -0.25) is 0 Å². The molecule has 3 rings (SSSR count). The third-order valence-electron chi connectivity index (χ3n) is 3.86. The molecule has 0 spiro atoms. The largest absolute Gasteiger partial charge is 0.382 e. The zero-order valence-electron chi connectivity index (χ0n) is 9.73. The SMILES string of the molecule is Clc1cc(NC2CCCC3OCCC23)ccn1. The summed E-state index contributed by atoms with van der Waals surface area (Å²) in [5, 5.41) is 4.13. The maximum absolute atomic E-state index is 5.90. The van der Waals surface area contributed by atoms with Crippen molar-refractivity contribution in [3.05, 3.63) is 23.5 Å². The van der Waals surface area contributed by atoms with Gasteiger partial charge in [-0.05, 0) is 37.8 Å². The summed E-state index contributed by atoms with van der Waals surface area (Å²) in [6.07, 6.45) is 7.10. The number of aromatic nitrogens is 1. The van der Waals surface area contributed by atoms with Crippen LogP contribution in [-0.4, -0.2) is 23.7 Å². The maximum atomic E-state index is 5.90. The number of anilines is 1. The van der Waals surface area contributed by atoms with Gasteiger partial charge in [0.2, 0.25) is 0 Å². The summed E-state index contributed by atoms with van der Waals surface area (Å²) in [6, 6.07) is 4.39. The molecular formula is C13H17ClN2O. The Labute approximate surface area is 107 Å². The van der Waals surface area contributed by atoms with E-state index in [1.165, 1.54) is 25.7 Å². The molecule has 1 aliphatic carbocycles. The normalized spacial score (nSPS) is 32.2. The fourth-order valence-corrected chi connectivity index (χ4v) is 3.24. The van der Waals surface area contributed by atoms with Crippen molar-refractivity contribution in [3.8, 4) is 0 Å². The molecule has 2 fully saturated rings. The van der Waals surface area contributed by atoms with E-state index in [4.69, 9.17) is 16.3 Å². The molecule has 3 atom stereocenters. The van der Waals surface area contributed by atoms with Gasteiger partial charge in [0, 0.05) is 30.5 Å². The second-order valence-electron chi connectivity index (χ2n) is 4.91. The average molecular weight is 253 g/mol. The van der Waals surface area contributed by atoms with E-state index < -0.39 is 0 Å². The molecule has 3 unspecified atom stereocenters. The molecular weight excluding hydrogens is 236 g/mol. The molecule has 1 saturated heterocycles. The zero-order valence-corrected chi connectivity index (χ0v) is 10.5. The molecule has 1 saturated carbocycles. The van der Waals surface area contributed by atoms with Crippen LogP contribution in [0.5, 0.6) is 0 Å². The average Bonchev–Trinajstić information content (AvgIpc) is 2.78. The van der Waals surface area contributed by atoms with Crippen molar-refractivity contribution in [2.75, 3.05) is 11.9 Å². The lowest BCUT2D eigenvalue weighted by atomic mass is 9.82. The van der Waals surface area contributed by atoms with E-state index in [2.05, 4.69) is 10.3 Å². The number of hydrogen-bond donors (Lipinski definition) is 1. The number of nitrogens with zero attached hydrogens (tertiary/aromatic N) is 1. The number of hydrogen-bond acceptors (Lipinski definition) is 3. The van der Waals surface area contributed by atoms with E-state index in [1.807, 2.05) is 12.1 Å². The standard InChI is InChI=1S/C13H17ClN2O/c14-13-8-9(4-6-15-13)16-11-2-1-3-12-10(11)5-7-17-12/h4,6,8,10-12H,1-3,5,7H2,(H,15,16).